The van der Waals surface area contributed by atoms with Crippen molar-refractivity contribution in [1.29, 1.82) is 0 Å². The zero-order valence-corrected chi connectivity index (χ0v) is 17.6. The maximum absolute atomic E-state index is 10.1. The van der Waals surface area contributed by atoms with Gasteiger partial charge in [0, 0.05) is 0 Å². The molecule has 2 heterocycles. The summed E-state index contributed by atoms with van der Waals surface area (Å²) in [5.74, 6) is 0.0692. The first-order chi connectivity index (χ1) is 13.9. The van der Waals surface area contributed by atoms with Gasteiger partial charge in [-0.3, -0.25) is 0 Å². The van der Waals surface area contributed by atoms with Crippen molar-refractivity contribution in [2.75, 3.05) is 13.2 Å². The normalized spacial score (nSPS) is 29.0. The van der Waals surface area contributed by atoms with Gasteiger partial charge < -0.3 is 33.9 Å². The van der Waals surface area contributed by atoms with E-state index in [0.717, 1.165) is 24.3 Å². The van der Waals surface area contributed by atoms with Crippen molar-refractivity contribution < 1.29 is 33.9 Å². The number of ether oxygens (including phenoxy) is 5. The maximum Gasteiger partial charge on any atom is 0.190 e. The van der Waals surface area contributed by atoms with Crippen molar-refractivity contribution >= 4 is 0 Å². The molecule has 0 radical (unpaired) electrons. The molecule has 0 bridgehead atoms. The molecule has 0 saturated carbocycles. The van der Waals surface area contributed by atoms with Gasteiger partial charge in [-0.15, -0.1) is 0 Å². The smallest absolute Gasteiger partial charge is 0.190 e. The lowest BCUT2D eigenvalue weighted by atomic mass is 10.1. The SMILES string of the molecule is CCCCCCOc1ccc(CO[C@@H]2[C@H]([C@H](O)CO)O[C@@H]3OC(C)(C)O[C@@H]32)cc1. The molecule has 0 spiro atoms. The van der Waals surface area contributed by atoms with Crippen LogP contribution < -0.4 is 4.74 Å². The Morgan fingerprint density at radius 3 is 2.55 bits per heavy atom. The van der Waals surface area contributed by atoms with Crippen LogP contribution in [0.15, 0.2) is 24.3 Å². The van der Waals surface area contributed by atoms with E-state index >= 15 is 0 Å². The van der Waals surface area contributed by atoms with E-state index in [0.29, 0.717) is 6.61 Å². The lowest BCUT2D eigenvalue weighted by molar-refractivity contribution is -0.232. The molecule has 2 fully saturated rings. The summed E-state index contributed by atoms with van der Waals surface area (Å²) in [6, 6.07) is 7.79. The molecule has 0 aromatic heterocycles. The van der Waals surface area contributed by atoms with Crippen LogP contribution in [0.1, 0.15) is 52.0 Å². The predicted molar refractivity (Wildman–Crippen MR) is 106 cm³/mol. The maximum atomic E-state index is 10.1. The van der Waals surface area contributed by atoms with Gasteiger partial charge in [-0.05, 0) is 38.0 Å². The molecule has 7 heteroatoms. The fourth-order valence-electron chi connectivity index (χ4n) is 3.70. The summed E-state index contributed by atoms with van der Waals surface area (Å²) in [6.45, 7) is 6.45. The van der Waals surface area contributed by atoms with Gasteiger partial charge >= 0.3 is 0 Å². The van der Waals surface area contributed by atoms with Gasteiger partial charge in [0.2, 0.25) is 0 Å². The average Bonchev–Trinajstić information content (AvgIpc) is 3.18. The van der Waals surface area contributed by atoms with E-state index in [9.17, 15) is 10.2 Å². The molecule has 2 aliphatic rings. The molecule has 3 rings (SSSR count). The number of benzene rings is 1. The van der Waals surface area contributed by atoms with Crippen LogP contribution >= 0.6 is 0 Å². The van der Waals surface area contributed by atoms with E-state index in [2.05, 4.69) is 6.92 Å². The number of rotatable bonds is 11. The lowest BCUT2D eigenvalue weighted by Gasteiger charge is -2.28. The van der Waals surface area contributed by atoms with Crippen LogP contribution in [0.4, 0.5) is 0 Å². The summed E-state index contributed by atoms with van der Waals surface area (Å²) in [4.78, 5) is 0. The predicted octanol–water partition coefficient (Wildman–Crippen LogP) is 2.76. The average molecular weight is 411 g/mol. The summed E-state index contributed by atoms with van der Waals surface area (Å²) in [7, 11) is 0. The minimum Gasteiger partial charge on any atom is -0.494 e. The Labute approximate surface area is 172 Å². The van der Waals surface area contributed by atoms with Crippen molar-refractivity contribution in [3.05, 3.63) is 29.8 Å². The van der Waals surface area contributed by atoms with Gasteiger partial charge in [0.05, 0.1) is 19.8 Å². The van der Waals surface area contributed by atoms with Crippen LogP contribution in [0.25, 0.3) is 0 Å². The van der Waals surface area contributed by atoms with Gasteiger partial charge in [-0.25, -0.2) is 0 Å². The molecule has 2 aliphatic heterocycles. The molecule has 1 aromatic carbocycles. The number of fused-ring (bicyclic) bond motifs is 1. The molecule has 0 amide bonds. The highest BCUT2D eigenvalue weighted by Crippen LogP contribution is 2.39. The Bertz CT molecular complexity index is 618. The van der Waals surface area contributed by atoms with Gasteiger partial charge in [-0.2, -0.15) is 0 Å². The Kier molecular flexibility index (Phi) is 7.90. The largest absolute Gasteiger partial charge is 0.494 e. The molecule has 5 atom stereocenters. The van der Waals surface area contributed by atoms with Gasteiger partial charge in [0.15, 0.2) is 12.1 Å². The zero-order valence-electron chi connectivity index (χ0n) is 17.6. The third kappa shape index (κ3) is 5.90. The molecule has 7 nitrogen and oxygen atoms in total. The third-order valence-electron chi connectivity index (χ3n) is 5.23. The summed E-state index contributed by atoms with van der Waals surface area (Å²) in [5.41, 5.74) is 0.974. The number of hydrogen-bond donors (Lipinski definition) is 2. The van der Waals surface area contributed by atoms with Gasteiger partial charge in [0.25, 0.3) is 0 Å². The lowest BCUT2D eigenvalue weighted by Crippen LogP contribution is -2.44. The second kappa shape index (κ2) is 10.2. The van der Waals surface area contributed by atoms with Gasteiger partial charge in [-0.1, -0.05) is 38.3 Å². The first-order valence-electron chi connectivity index (χ1n) is 10.6. The van der Waals surface area contributed by atoms with Crippen molar-refractivity contribution in [1.82, 2.24) is 0 Å². The fourth-order valence-corrected chi connectivity index (χ4v) is 3.70. The highest BCUT2D eigenvalue weighted by Gasteiger charge is 2.56. The zero-order chi connectivity index (χ0) is 20.9. The minimum atomic E-state index is -1.07. The molecule has 1 aromatic rings. The van der Waals surface area contributed by atoms with Crippen molar-refractivity contribution in [2.24, 2.45) is 0 Å². The van der Waals surface area contributed by atoms with E-state index < -0.39 is 43.1 Å². The minimum absolute atomic E-state index is 0.326. The third-order valence-corrected chi connectivity index (χ3v) is 5.23. The Hall–Kier alpha value is -1.22. The molecule has 2 saturated heterocycles. The van der Waals surface area contributed by atoms with Gasteiger partial charge in [0.1, 0.15) is 30.2 Å². The second-order valence-corrected chi connectivity index (χ2v) is 8.15. The summed E-state index contributed by atoms with van der Waals surface area (Å²) in [5, 5.41) is 19.4. The Morgan fingerprint density at radius 2 is 1.86 bits per heavy atom. The van der Waals surface area contributed by atoms with Crippen LogP contribution in [0.2, 0.25) is 0 Å². The number of unbranched alkanes of at least 4 members (excludes halogenated alkanes) is 3. The number of aliphatic hydroxyl groups excluding tert-OH is 2. The molecule has 164 valence electrons. The van der Waals surface area contributed by atoms with Crippen LogP contribution in [-0.2, 0) is 25.6 Å². The first kappa shape index (κ1) is 22.5. The van der Waals surface area contributed by atoms with Crippen molar-refractivity contribution in [2.45, 2.75) is 89.6 Å². The Morgan fingerprint density at radius 1 is 1.10 bits per heavy atom. The summed E-state index contributed by atoms with van der Waals surface area (Å²) >= 11 is 0. The van der Waals surface area contributed by atoms with Crippen LogP contribution in [0, 0.1) is 0 Å². The molecular formula is C22H34O7. The highest BCUT2D eigenvalue weighted by molar-refractivity contribution is 5.26. The van der Waals surface area contributed by atoms with E-state index in [-0.39, 0.29) is 0 Å². The highest BCUT2D eigenvalue weighted by atomic mass is 16.8. The van der Waals surface area contributed by atoms with Crippen molar-refractivity contribution in [3.63, 3.8) is 0 Å². The number of hydrogen-bond acceptors (Lipinski definition) is 7. The second-order valence-electron chi connectivity index (χ2n) is 8.15. The molecule has 0 aliphatic carbocycles. The molecular weight excluding hydrogens is 376 g/mol. The van der Waals surface area contributed by atoms with Crippen LogP contribution in [0.5, 0.6) is 5.75 Å². The van der Waals surface area contributed by atoms with E-state index in [1.54, 1.807) is 0 Å². The molecule has 2 N–H and O–H groups in total. The quantitative estimate of drug-likeness (QED) is 0.543. The molecule has 29 heavy (non-hydrogen) atoms. The first-order valence-corrected chi connectivity index (χ1v) is 10.6. The Balaban J connectivity index is 1.53. The summed E-state index contributed by atoms with van der Waals surface area (Å²) in [6.07, 6.45) is 1.32. The summed E-state index contributed by atoms with van der Waals surface area (Å²) < 4.78 is 29.2. The fraction of sp³-hybridized carbons (Fsp3) is 0.727. The van der Waals surface area contributed by atoms with Crippen LogP contribution in [0.3, 0.4) is 0 Å². The molecule has 0 unspecified atom stereocenters. The van der Waals surface area contributed by atoms with Crippen LogP contribution in [-0.4, -0.2) is 59.9 Å². The number of aliphatic hydroxyl groups is 2. The monoisotopic (exact) mass is 410 g/mol. The van der Waals surface area contributed by atoms with Crippen molar-refractivity contribution in [3.8, 4) is 5.75 Å². The van der Waals surface area contributed by atoms with E-state index in [4.69, 9.17) is 23.7 Å². The standard InChI is InChI=1S/C22H34O7/c1-4-5-6-7-12-25-16-10-8-15(9-11-16)14-26-19-18(17(24)13-23)27-21-20(19)28-22(2,3)29-21/h8-11,17-21,23-24H,4-7,12-14H2,1-3H3/t17-,18+,19-,20-,21-/m1/s1. The topological polar surface area (TPSA) is 86.6 Å². The van der Waals surface area contributed by atoms with E-state index in [1.807, 2.05) is 38.1 Å². The van der Waals surface area contributed by atoms with E-state index in [1.165, 1.54) is 19.3 Å².